The normalized spacial score (nSPS) is 13.4. The average Bonchev–Trinajstić information content (AvgIpc) is 2.84. The molecule has 1 aliphatic carbocycles. The van der Waals surface area contributed by atoms with Crippen LogP contribution in [0.15, 0.2) is 58.3 Å². The molecule has 1 aromatic carbocycles. The van der Waals surface area contributed by atoms with Crippen molar-refractivity contribution >= 4 is 35.2 Å². The first-order valence-corrected chi connectivity index (χ1v) is 10.8. The van der Waals surface area contributed by atoms with Crippen LogP contribution in [0.25, 0.3) is 0 Å². The zero-order chi connectivity index (χ0) is 24.5. The van der Waals surface area contributed by atoms with E-state index in [1.54, 1.807) is 18.2 Å². The number of ether oxygens (including phenoxy) is 2. The van der Waals surface area contributed by atoms with Gasteiger partial charge < -0.3 is 20.1 Å². The first-order chi connectivity index (χ1) is 16.4. The van der Waals surface area contributed by atoms with Crippen LogP contribution in [0.1, 0.15) is 28.9 Å². The summed E-state index contributed by atoms with van der Waals surface area (Å²) in [4.78, 5) is 36.1. The number of halogens is 1. The largest absolute Gasteiger partial charge is 0.464 e. The Morgan fingerprint density at radius 1 is 1.21 bits per heavy atom. The minimum atomic E-state index is -0.605. The molecule has 178 valence electrons. The SMILES string of the molecule is CNC(=O)N/C(=N\c1ccc(Oc2cncc(C(=O)OC)n2)c(C)c1)NCC1=CC=C(Cl)CC1. The number of guanidine groups is 1. The van der Waals surface area contributed by atoms with E-state index in [-0.39, 0.29) is 11.6 Å². The zero-order valence-corrected chi connectivity index (χ0v) is 19.8. The maximum Gasteiger partial charge on any atom is 0.358 e. The number of urea groups is 1. The Morgan fingerprint density at radius 2 is 2.03 bits per heavy atom. The number of nitrogens with one attached hydrogen (secondary N) is 3. The number of aryl methyl sites for hydroxylation is 1. The van der Waals surface area contributed by atoms with E-state index < -0.39 is 12.0 Å². The van der Waals surface area contributed by atoms with Gasteiger partial charge in [-0.05, 0) is 49.6 Å². The Balaban J connectivity index is 1.76. The van der Waals surface area contributed by atoms with Gasteiger partial charge in [0.05, 0.1) is 25.2 Å². The fourth-order valence-electron chi connectivity index (χ4n) is 2.94. The number of carbonyl (C=O) groups is 2. The lowest BCUT2D eigenvalue weighted by Crippen LogP contribution is -2.45. The van der Waals surface area contributed by atoms with Crippen molar-refractivity contribution in [3.63, 3.8) is 0 Å². The molecule has 1 aromatic heterocycles. The van der Waals surface area contributed by atoms with Crippen molar-refractivity contribution in [2.45, 2.75) is 19.8 Å². The maximum atomic E-state index is 11.9. The highest BCUT2D eigenvalue weighted by atomic mass is 35.5. The molecule has 2 aromatic rings. The number of methoxy groups -OCH3 is 1. The molecule has 0 radical (unpaired) electrons. The number of rotatable bonds is 6. The second-order valence-corrected chi connectivity index (χ2v) is 7.73. The summed E-state index contributed by atoms with van der Waals surface area (Å²) < 4.78 is 10.4. The van der Waals surface area contributed by atoms with Crippen LogP contribution >= 0.6 is 11.6 Å². The number of carbonyl (C=O) groups excluding carboxylic acids is 2. The van der Waals surface area contributed by atoms with Gasteiger partial charge in [0.15, 0.2) is 5.69 Å². The monoisotopic (exact) mass is 484 g/mol. The molecule has 0 fully saturated rings. The van der Waals surface area contributed by atoms with Crippen molar-refractivity contribution in [2.24, 2.45) is 4.99 Å². The minimum absolute atomic E-state index is 0.0423. The van der Waals surface area contributed by atoms with Crippen LogP contribution in [0.5, 0.6) is 11.6 Å². The van der Waals surface area contributed by atoms with Crippen LogP contribution < -0.4 is 20.7 Å². The highest BCUT2D eigenvalue weighted by Gasteiger charge is 2.12. The third-order valence-electron chi connectivity index (χ3n) is 4.75. The Morgan fingerprint density at radius 3 is 2.71 bits per heavy atom. The molecule has 2 amide bonds. The number of allylic oxidation sites excluding steroid dienone is 3. The Hall–Kier alpha value is -3.92. The number of hydrogen-bond acceptors (Lipinski definition) is 7. The van der Waals surface area contributed by atoms with Gasteiger partial charge in [-0.3, -0.25) is 10.3 Å². The van der Waals surface area contributed by atoms with E-state index in [0.29, 0.717) is 23.9 Å². The zero-order valence-electron chi connectivity index (χ0n) is 19.0. The van der Waals surface area contributed by atoms with E-state index in [9.17, 15) is 9.59 Å². The molecule has 3 N–H and O–H groups in total. The van der Waals surface area contributed by atoms with E-state index in [2.05, 4.69) is 35.6 Å². The molecule has 0 saturated heterocycles. The molecule has 0 atom stereocenters. The lowest BCUT2D eigenvalue weighted by Gasteiger charge is -2.15. The molecule has 0 saturated carbocycles. The summed E-state index contributed by atoms with van der Waals surface area (Å²) in [6, 6.07) is 4.85. The Labute approximate surface area is 202 Å². The Kier molecular flexibility index (Phi) is 8.58. The van der Waals surface area contributed by atoms with Crippen LogP contribution in [0.4, 0.5) is 10.5 Å². The van der Waals surface area contributed by atoms with Gasteiger partial charge >= 0.3 is 12.0 Å². The van der Waals surface area contributed by atoms with Crippen molar-refractivity contribution < 1.29 is 19.1 Å². The summed E-state index contributed by atoms with van der Waals surface area (Å²) >= 11 is 6.02. The molecule has 34 heavy (non-hydrogen) atoms. The summed E-state index contributed by atoms with van der Waals surface area (Å²) in [5.41, 5.74) is 2.55. The number of nitrogens with zero attached hydrogens (tertiary/aromatic N) is 3. The van der Waals surface area contributed by atoms with Gasteiger partial charge in [-0.25, -0.2) is 19.6 Å². The van der Waals surface area contributed by atoms with Gasteiger partial charge in [0, 0.05) is 18.6 Å². The van der Waals surface area contributed by atoms with Gasteiger partial charge in [-0.2, -0.15) is 0 Å². The molecule has 1 heterocycles. The van der Waals surface area contributed by atoms with Crippen molar-refractivity contribution in [1.29, 1.82) is 0 Å². The van der Waals surface area contributed by atoms with Gasteiger partial charge in [-0.15, -0.1) is 0 Å². The van der Waals surface area contributed by atoms with E-state index >= 15 is 0 Å². The second kappa shape index (κ2) is 11.8. The third-order valence-corrected chi connectivity index (χ3v) is 5.06. The predicted molar refractivity (Wildman–Crippen MR) is 129 cm³/mol. The van der Waals surface area contributed by atoms with Crippen LogP contribution in [0.2, 0.25) is 0 Å². The first kappa shape index (κ1) is 24.7. The molecule has 1 aliphatic rings. The molecule has 0 bridgehead atoms. The number of benzene rings is 1. The number of amides is 2. The summed E-state index contributed by atoms with van der Waals surface area (Å²) in [6.07, 6.45) is 8.16. The summed E-state index contributed by atoms with van der Waals surface area (Å²) in [5.74, 6) is 0.359. The molecule has 3 rings (SSSR count). The van der Waals surface area contributed by atoms with E-state index in [1.807, 2.05) is 19.1 Å². The van der Waals surface area contributed by atoms with E-state index in [4.69, 9.17) is 16.3 Å². The molecule has 0 spiro atoms. The first-order valence-electron chi connectivity index (χ1n) is 10.4. The average molecular weight is 485 g/mol. The molecule has 0 unspecified atom stereocenters. The van der Waals surface area contributed by atoms with Crippen LogP contribution in [0.3, 0.4) is 0 Å². The predicted octanol–water partition coefficient (Wildman–Crippen LogP) is 3.71. The van der Waals surface area contributed by atoms with Crippen molar-refractivity contribution in [2.75, 3.05) is 20.7 Å². The smallest absolute Gasteiger partial charge is 0.358 e. The number of hydrogen-bond donors (Lipinski definition) is 3. The third kappa shape index (κ3) is 7.04. The highest BCUT2D eigenvalue weighted by Crippen LogP contribution is 2.27. The number of esters is 1. The standard InChI is InChI=1S/C23H25ClN6O4/c1-14-10-17(8-9-19(14)34-20-13-26-12-18(29-20)21(31)33-3)28-22(30-23(32)25-2)27-11-15-4-6-16(24)7-5-15/h4,6,8-10,12-13H,5,7,11H2,1-3H3,(H3,25,27,28,30,32). The quantitative estimate of drug-likeness (QED) is 0.324. The fourth-order valence-corrected chi connectivity index (χ4v) is 3.10. The van der Waals surface area contributed by atoms with Crippen LogP contribution in [-0.4, -0.2) is 48.6 Å². The summed E-state index contributed by atoms with van der Waals surface area (Å²) in [5, 5.41) is 9.18. The molecular weight excluding hydrogens is 460 g/mol. The van der Waals surface area contributed by atoms with Gasteiger partial charge in [0.2, 0.25) is 11.8 Å². The lowest BCUT2D eigenvalue weighted by molar-refractivity contribution is 0.0592. The summed E-state index contributed by atoms with van der Waals surface area (Å²) in [6.45, 7) is 2.35. The molecule has 0 aliphatic heterocycles. The molecule has 10 nitrogen and oxygen atoms in total. The minimum Gasteiger partial charge on any atom is -0.464 e. The topological polar surface area (TPSA) is 127 Å². The molecule has 11 heteroatoms. The molecular formula is C23H25ClN6O4. The van der Waals surface area contributed by atoms with Crippen molar-refractivity contribution in [3.05, 3.63) is 64.6 Å². The van der Waals surface area contributed by atoms with E-state index in [0.717, 1.165) is 29.0 Å². The van der Waals surface area contributed by atoms with Crippen LogP contribution in [-0.2, 0) is 4.74 Å². The van der Waals surface area contributed by atoms with Crippen molar-refractivity contribution in [1.82, 2.24) is 25.9 Å². The Bertz CT molecular complexity index is 1160. The van der Waals surface area contributed by atoms with Gasteiger partial charge in [0.1, 0.15) is 5.75 Å². The number of aromatic nitrogens is 2. The van der Waals surface area contributed by atoms with Crippen LogP contribution in [0, 0.1) is 6.92 Å². The summed E-state index contributed by atoms with van der Waals surface area (Å²) in [7, 11) is 2.79. The second-order valence-electron chi connectivity index (χ2n) is 7.24. The maximum absolute atomic E-state index is 11.9. The fraction of sp³-hybridized carbons (Fsp3) is 0.261. The lowest BCUT2D eigenvalue weighted by atomic mass is 10.1. The number of aliphatic imine (C=N–C) groups is 1. The highest BCUT2D eigenvalue weighted by molar-refractivity contribution is 6.29. The van der Waals surface area contributed by atoms with Gasteiger partial charge in [0.25, 0.3) is 0 Å². The van der Waals surface area contributed by atoms with E-state index in [1.165, 1.54) is 26.6 Å². The van der Waals surface area contributed by atoms with Crippen molar-refractivity contribution in [3.8, 4) is 11.6 Å². The van der Waals surface area contributed by atoms with Gasteiger partial charge in [-0.1, -0.05) is 23.3 Å².